The highest BCUT2D eigenvalue weighted by Crippen LogP contribution is 2.17. The zero-order valence-corrected chi connectivity index (χ0v) is 8.67. The van der Waals surface area contributed by atoms with Crippen molar-refractivity contribution < 1.29 is 9.53 Å². The second-order valence-electron chi connectivity index (χ2n) is 2.53. The van der Waals surface area contributed by atoms with Gasteiger partial charge in [-0.15, -0.1) is 0 Å². The first-order valence-corrected chi connectivity index (χ1v) is 4.68. The van der Waals surface area contributed by atoms with Crippen LogP contribution in [-0.2, 0) is 0 Å². The normalized spacial score (nSPS) is 8.71. The van der Waals surface area contributed by atoms with Crippen molar-refractivity contribution in [2.45, 2.75) is 0 Å². The fraction of sp³-hybridized carbons (Fsp3) is 0.182. The first-order valence-electron chi connectivity index (χ1n) is 4.04. The molecule has 0 unspecified atom stereocenters. The predicted molar refractivity (Wildman–Crippen MR) is 59.1 cm³/mol. The third-order valence-corrected chi connectivity index (χ3v) is 1.83. The van der Waals surface area contributed by atoms with Crippen molar-refractivity contribution in [3.63, 3.8) is 0 Å². The third kappa shape index (κ3) is 2.54. The molecule has 1 aromatic rings. The van der Waals surface area contributed by atoms with E-state index in [9.17, 15) is 4.79 Å². The van der Waals surface area contributed by atoms with Crippen LogP contribution in [-0.4, -0.2) is 19.1 Å². The highest BCUT2D eigenvalue weighted by atomic mass is 32.1. The Morgan fingerprint density at radius 3 is 2.93 bits per heavy atom. The van der Waals surface area contributed by atoms with Crippen molar-refractivity contribution >= 4 is 18.9 Å². The molecule has 0 aliphatic heterocycles. The molecule has 1 aromatic carbocycles. The molecule has 0 fully saturated rings. The Hall–Kier alpha value is -1.40. The van der Waals surface area contributed by atoms with Gasteiger partial charge in [0.25, 0.3) is 0 Å². The van der Waals surface area contributed by atoms with E-state index in [2.05, 4.69) is 24.5 Å². The van der Waals surface area contributed by atoms with Crippen LogP contribution in [0.15, 0.2) is 18.2 Å². The molecule has 0 atom stereocenters. The number of ether oxygens (including phenoxy) is 1. The number of thiol groups is 1. The van der Waals surface area contributed by atoms with Crippen molar-refractivity contribution in [1.82, 2.24) is 0 Å². The molecule has 0 amide bonds. The number of hydrogen-bond donors (Lipinski definition) is 1. The lowest BCUT2D eigenvalue weighted by Crippen LogP contribution is -1.90. The summed E-state index contributed by atoms with van der Waals surface area (Å²) in [6.45, 7) is 0. The summed E-state index contributed by atoms with van der Waals surface area (Å²) in [7, 11) is 1.53. The highest BCUT2D eigenvalue weighted by Gasteiger charge is 2.01. The SMILES string of the molecule is COc1cc(C#CCS)ccc1C=O. The average molecular weight is 206 g/mol. The second-order valence-corrected chi connectivity index (χ2v) is 2.85. The van der Waals surface area contributed by atoms with Gasteiger partial charge < -0.3 is 4.74 Å². The molecule has 0 heterocycles. The van der Waals surface area contributed by atoms with Crippen LogP contribution in [0, 0.1) is 11.8 Å². The molecule has 72 valence electrons. The van der Waals surface area contributed by atoms with Gasteiger partial charge in [-0.1, -0.05) is 11.8 Å². The summed E-state index contributed by atoms with van der Waals surface area (Å²) < 4.78 is 5.04. The summed E-state index contributed by atoms with van der Waals surface area (Å²) in [4.78, 5) is 10.6. The van der Waals surface area contributed by atoms with E-state index < -0.39 is 0 Å². The summed E-state index contributed by atoms with van der Waals surface area (Å²) >= 11 is 3.98. The van der Waals surface area contributed by atoms with Gasteiger partial charge in [0, 0.05) is 5.56 Å². The van der Waals surface area contributed by atoms with E-state index in [0.717, 1.165) is 11.8 Å². The predicted octanol–water partition coefficient (Wildman–Crippen LogP) is 1.79. The smallest absolute Gasteiger partial charge is 0.153 e. The summed E-state index contributed by atoms with van der Waals surface area (Å²) in [6.07, 6.45) is 0.759. The van der Waals surface area contributed by atoms with Crippen LogP contribution in [0.1, 0.15) is 15.9 Å². The molecule has 1 rings (SSSR count). The van der Waals surface area contributed by atoms with E-state index in [-0.39, 0.29) is 0 Å². The number of aldehydes is 1. The van der Waals surface area contributed by atoms with E-state index in [1.807, 2.05) is 0 Å². The summed E-state index contributed by atoms with van der Waals surface area (Å²) in [5, 5.41) is 0. The van der Waals surface area contributed by atoms with Gasteiger partial charge in [0.15, 0.2) is 6.29 Å². The summed E-state index contributed by atoms with van der Waals surface area (Å²) in [5.41, 5.74) is 1.35. The summed E-state index contributed by atoms with van der Waals surface area (Å²) in [6, 6.07) is 5.21. The van der Waals surface area contributed by atoms with Crippen LogP contribution < -0.4 is 4.74 Å². The van der Waals surface area contributed by atoms with Crippen molar-refractivity contribution in [3.05, 3.63) is 29.3 Å². The molecule has 0 saturated carbocycles. The van der Waals surface area contributed by atoms with E-state index >= 15 is 0 Å². The second kappa shape index (κ2) is 5.36. The Morgan fingerprint density at radius 1 is 1.57 bits per heavy atom. The molecule has 14 heavy (non-hydrogen) atoms. The van der Waals surface area contributed by atoms with E-state index in [1.54, 1.807) is 18.2 Å². The molecule has 0 radical (unpaired) electrons. The average Bonchev–Trinajstić information content (AvgIpc) is 2.25. The Balaban J connectivity index is 3.07. The van der Waals surface area contributed by atoms with Gasteiger partial charge in [-0.05, 0) is 18.2 Å². The van der Waals surface area contributed by atoms with Gasteiger partial charge in [0.2, 0.25) is 0 Å². The Labute approximate surface area is 88.7 Å². The number of rotatable bonds is 2. The molecule has 3 heteroatoms. The zero-order valence-electron chi connectivity index (χ0n) is 7.78. The third-order valence-electron chi connectivity index (χ3n) is 1.67. The first-order chi connectivity index (χ1) is 6.81. The number of carbonyl (C=O) groups excluding carboxylic acids is 1. The monoisotopic (exact) mass is 206 g/mol. The number of benzene rings is 1. The molecule has 0 aliphatic carbocycles. The molecule has 0 spiro atoms. The van der Waals surface area contributed by atoms with Crippen LogP contribution in [0.3, 0.4) is 0 Å². The summed E-state index contributed by atoms with van der Waals surface area (Å²) in [5.74, 6) is 6.78. The maximum Gasteiger partial charge on any atom is 0.153 e. The molecular weight excluding hydrogens is 196 g/mol. The molecule has 2 nitrogen and oxygen atoms in total. The minimum absolute atomic E-state index is 0.512. The molecule has 0 saturated heterocycles. The first kappa shape index (κ1) is 10.7. The molecular formula is C11H10O2S. The standard InChI is InChI=1S/C11H10O2S/c1-13-11-7-9(3-2-6-14)4-5-10(11)8-12/h4-5,7-8,14H,6H2,1H3. The molecule has 0 N–H and O–H groups in total. The highest BCUT2D eigenvalue weighted by molar-refractivity contribution is 7.80. The fourth-order valence-electron chi connectivity index (χ4n) is 1.03. The lowest BCUT2D eigenvalue weighted by atomic mass is 10.1. The van der Waals surface area contributed by atoms with Gasteiger partial charge >= 0.3 is 0 Å². The van der Waals surface area contributed by atoms with Gasteiger partial charge in [0.1, 0.15) is 5.75 Å². The molecule has 0 aromatic heterocycles. The van der Waals surface area contributed by atoms with Gasteiger partial charge in [-0.25, -0.2) is 0 Å². The fourth-order valence-corrected chi connectivity index (χ4v) is 1.11. The van der Waals surface area contributed by atoms with Crippen LogP contribution in [0.2, 0.25) is 0 Å². The zero-order chi connectivity index (χ0) is 10.4. The Morgan fingerprint density at radius 2 is 2.36 bits per heavy atom. The molecule has 0 bridgehead atoms. The quantitative estimate of drug-likeness (QED) is 0.453. The largest absolute Gasteiger partial charge is 0.496 e. The maximum atomic E-state index is 10.6. The Kier molecular flexibility index (Phi) is 4.09. The van der Waals surface area contributed by atoms with Crippen LogP contribution >= 0.6 is 12.6 Å². The lowest BCUT2D eigenvalue weighted by molar-refractivity contribution is 0.112. The lowest BCUT2D eigenvalue weighted by Gasteiger charge is -2.02. The van der Waals surface area contributed by atoms with Crippen molar-refractivity contribution in [1.29, 1.82) is 0 Å². The van der Waals surface area contributed by atoms with Crippen molar-refractivity contribution in [2.24, 2.45) is 0 Å². The maximum absolute atomic E-state index is 10.6. The van der Waals surface area contributed by atoms with Crippen LogP contribution in [0.25, 0.3) is 0 Å². The van der Waals surface area contributed by atoms with E-state index in [4.69, 9.17) is 4.74 Å². The Bertz CT molecular complexity index is 388. The van der Waals surface area contributed by atoms with Crippen LogP contribution in [0.5, 0.6) is 5.75 Å². The van der Waals surface area contributed by atoms with Crippen LogP contribution in [0.4, 0.5) is 0 Å². The van der Waals surface area contributed by atoms with E-state index in [0.29, 0.717) is 17.1 Å². The topological polar surface area (TPSA) is 26.3 Å². The number of methoxy groups -OCH3 is 1. The van der Waals surface area contributed by atoms with E-state index in [1.165, 1.54) is 7.11 Å². The van der Waals surface area contributed by atoms with Gasteiger partial charge in [0.05, 0.1) is 18.4 Å². The van der Waals surface area contributed by atoms with Crippen molar-refractivity contribution in [3.8, 4) is 17.6 Å². The minimum Gasteiger partial charge on any atom is -0.496 e. The van der Waals surface area contributed by atoms with Gasteiger partial charge in [-0.3, -0.25) is 4.79 Å². The molecule has 0 aliphatic rings. The van der Waals surface area contributed by atoms with Crippen molar-refractivity contribution in [2.75, 3.05) is 12.9 Å². The minimum atomic E-state index is 0.512. The van der Waals surface area contributed by atoms with Gasteiger partial charge in [-0.2, -0.15) is 12.6 Å². The number of hydrogen-bond acceptors (Lipinski definition) is 3. The number of carbonyl (C=O) groups is 1.